The first-order chi connectivity index (χ1) is 13.5. The van der Waals surface area contributed by atoms with Gasteiger partial charge in [0.2, 0.25) is 11.5 Å². The molecule has 29 heavy (non-hydrogen) atoms. The molecular weight excluding hydrogens is 439 g/mol. The largest absolute Gasteiger partial charge is 0.475 e. The molecular formula is C15H8Cl2N2O10. The summed E-state index contributed by atoms with van der Waals surface area (Å²) < 4.78 is 9.73. The van der Waals surface area contributed by atoms with E-state index in [0.29, 0.717) is 0 Å². The van der Waals surface area contributed by atoms with Crippen LogP contribution in [0.2, 0.25) is 10.0 Å². The minimum absolute atomic E-state index is 0.116. The lowest BCUT2D eigenvalue weighted by Crippen LogP contribution is -2.56. The summed E-state index contributed by atoms with van der Waals surface area (Å²) in [4.78, 5) is 43.8. The Morgan fingerprint density at radius 2 is 1.17 bits per heavy atom. The van der Waals surface area contributed by atoms with Crippen LogP contribution in [-0.4, -0.2) is 37.8 Å². The maximum Gasteiger partial charge on any atom is 0.453 e. The van der Waals surface area contributed by atoms with E-state index in [-0.39, 0.29) is 10.0 Å². The molecule has 14 heteroatoms. The molecule has 0 saturated heterocycles. The first-order valence-corrected chi connectivity index (χ1v) is 7.96. The Bertz CT molecular complexity index is 945. The van der Waals surface area contributed by atoms with Gasteiger partial charge in [0.05, 0.1) is 9.85 Å². The van der Waals surface area contributed by atoms with E-state index in [2.05, 4.69) is 0 Å². The highest BCUT2D eigenvalue weighted by Gasteiger charge is 2.55. The standard InChI is InChI=1S/C15H8Cl2N2O10/c16-7-1-3-11(9(5-7)18(24)25)28-15(13(20)21,14(22)23)29-12-4-2-8(17)6-10(12)19(26)27/h1-6H,(H,20,21)(H,22,23). The third-order valence-electron chi connectivity index (χ3n) is 3.31. The zero-order chi connectivity index (χ0) is 21.9. The second-order valence-corrected chi connectivity index (χ2v) is 6.04. The van der Waals surface area contributed by atoms with Crippen molar-refractivity contribution in [2.45, 2.75) is 5.79 Å². The molecule has 0 bridgehead atoms. The fraction of sp³-hybridized carbons (Fsp3) is 0.0667. The van der Waals surface area contributed by atoms with Crippen molar-refractivity contribution in [3.63, 3.8) is 0 Å². The van der Waals surface area contributed by atoms with Crippen LogP contribution in [0.5, 0.6) is 11.5 Å². The van der Waals surface area contributed by atoms with Crippen LogP contribution in [-0.2, 0) is 9.59 Å². The predicted molar refractivity (Wildman–Crippen MR) is 95.5 cm³/mol. The Balaban J connectivity index is 2.64. The molecule has 2 aromatic carbocycles. The second-order valence-electron chi connectivity index (χ2n) is 5.17. The van der Waals surface area contributed by atoms with Gasteiger partial charge in [0.1, 0.15) is 0 Å². The number of carboxylic acids is 2. The van der Waals surface area contributed by atoms with Crippen molar-refractivity contribution in [1.82, 2.24) is 0 Å². The first-order valence-electron chi connectivity index (χ1n) is 7.20. The highest BCUT2D eigenvalue weighted by molar-refractivity contribution is 6.31. The number of rotatable bonds is 8. The SMILES string of the molecule is O=C(O)C(Oc1ccc(Cl)cc1[N+](=O)[O-])(Oc1ccc(Cl)cc1[N+](=O)[O-])C(=O)O. The predicted octanol–water partition coefficient (Wildman–Crippen LogP) is 3.13. The molecule has 0 heterocycles. The number of carbonyl (C=O) groups is 2. The molecule has 0 radical (unpaired) electrons. The summed E-state index contributed by atoms with van der Waals surface area (Å²) in [7, 11) is 0. The Hall–Kier alpha value is -3.64. The van der Waals surface area contributed by atoms with E-state index in [9.17, 15) is 40.0 Å². The van der Waals surface area contributed by atoms with Crippen LogP contribution in [0.25, 0.3) is 0 Å². The summed E-state index contributed by atoms with van der Waals surface area (Å²) >= 11 is 11.3. The zero-order valence-corrected chi connectivity index (χ0v) is 15.3. The van der Waals surface area contributed by atoms with Gasteiger partial charge in [0, 0.05) is 22.2 Å². The third-order valence-corrected chi connectivity index (χ3v) is 3.78. The number of halogens is 2. The number of benzene rings is 2. The molecule has 152 valence electrons. The number of carboxylic acid groups (broad SMARTS) is 2. The summed E-state index contributed by atoms with van der Waals surface area (Å²) in [6.45, 7) is 0. The lowest BCUT2D eigenvalue weighted by atomic mass is 10.2. The summed E-state index contributed by atoms with van der Waals surface area (Å²) in [5.41, 5.74) is -1.72. The zero-order valence-electron chi connectivity index (χ0n) is 13.8. The van der Waals surface area contributed by atoms with Crippen molar-refractivity contribution in [1.29, 1.82) is 0 Å². The van der Waals surface area contributed by atoms with Crippen LogP contribution in [0.4, 0.5) is 11.4 Å². The average Bonchev–Trinajstić information content (AvgIpc) is 2.62. The average molecular weight is 447 g/mol. The topological polar surface area (TPSA) is 179 Å². The minimum atomic E-state index is -3.61. The van der Waals surface area contributed by atoms with E-state index in [0.717, 1.165) is 36.4 Å². The van der Waals surface area contributed by atoms with Crippen LogP contribution in [0, 0.1) is 20.2 Å². The maximum absolute atomic E-state index is 11.7. The summed E-state index contributed by atoms with van der Waals surface area (Å²) in [5.74, 6) is -9.75. The quantitative estimate of drug-likeness (QED) is 0.264. The van der Waals surface area contributed by atoms with Gasteiger partial charge in [-0.1, -0.05) is 23.2 Å². The molecule has 0 aliphatic carbocycles. The van der Waals surface area contributed by atoms with Crippen molar-refractivity contribution in [3.05, 3.63) is 66.7 Å². The number of nitro benzene ring substituents is 2. The Morgan fingerprint density at radius 1 is 0.828 bits per heavy atom. The molecule has 0 aliphatic heterocycles. The maximum atomic E-state index is 11.7. The molecule has 0 saturated carbocycles. The number of aliphatic carboxylic acids is 2. The van der Waals surface area contributed by atoms with Crippen LogP contribution >= 0.6 is 23.2 Å². The third kappa shape index (κ3) is 4.44. The van der Waals surface area contributed by atoms with E-state index in [1.807, 2.05) is 0 Å². The smallest absolute Gasteiger partial charge is 0.453 e. The molecule has 2 N–H and O–H groups in total. The fourth-order valence-electron chi connectivity index (χ4n) is 2.04. The first kappa shape index (κ1) is 21.7. The summed E-state index contributed by atoms with van der Waals surface area (Å²) in [5, 5.41) is 41.0. The molecule has 0 spiro atoms. The number of nitrogens with zero attached hydrogens (tertiary/aromatic N) is 2. The van der Waals surface area contributed by atoms with E-state index in [1.165, 1.54) is 0 Å². The minimum Gasteiger partial charge on any atom is -0.475 e. The van der Waals surface area contributed by atoms with Gasteiger partial charge >= 0.3 is 29.1 Å². The van der Waals surface area contributed by atoms with Crippen LogP contribution in [0.1, 0.15) is 0 Å². The van der Waals surface area contributed by atoms with Crippen molar-refractivity contribution in [2.24, 2.45) is 0 Å². The molecule has 0 fully saturated rings. The molecule has 0 amide bonds. The van der Waals surface area contributed by atoms with Crippen LogP contribution < -0.4 is 9.47 Å². The van der Waals surface area contributed by atoms with Gasteiger partial charge in [0.15, 0.2) is 0 Å². The fourth-order valence-corrected chi connectivity index (χ4v) is 2.37. The lowest BCUT2D eigenvalue weighted by molar-refractivity contribution is -0.387. The highest BCUT2D eigenvalue weighted by atomic mass is 35.5. The normalized spacial score (nSPS) is 10.8. The van der Waals surface area contributed by atoms with Gasteiger partial charge in [-0.2, -0.15) is 0 Å². The van der Waals surface area contributed by atoms with Gasteiger partial charge in [-0.3, -0.25) is 20.2 Å². The number of ether oxygens (including phenoxy) is 2. The Labute approximate surface area is 170 Å². The van der Waals surface area contributed by atoms with Gasteiger partial charge in [0.25, 0.3) is 0 Å². The Morgan fingerprint density at radius 3 is 1.45 bits per heavy atom. The molecule has 0 unspecified atom stereocenters. The molecule has 0 aliphatic rings. The molecule has 12 nitrogen and oxygen atoms in total. The van der Waals surface area contributed by atoms with Gasteiger partial charge in [-0.25, -0.2) is 9.59 Å². The Kier molecular flexibility index (Phi) is 6.09. The van der Waals surface area contributed by atoms with Crippen molar-refractivity contribution in [3.8, 4) is 11.5 Å². The highest BCUT2D eigenvalue weighted by Crippen LogP contribution is 2.37. The monoisotopic (exact) mass is 446 g/mol. The number of hydrogen-bond acceptors (Lipinski definition) is 8. The second kappa shape index (κ2) is 8.16. The summed E-state index contributed by atoms with van der Waals surface area (Å²) in [6, 6.07) is 5.42. The molecule has 0 aromatic heterocycles. The molecule has 0 atom stereocenters. The van der Waals surface area contributed by atoms with E-state index in [1.54, 1.807) is 0 Å². The number of hydrogen-bond donors (Lipinski definition) is 2. The van der Waals surface area contributed by atoms with Crippen molar-refractivity contribution < 1.29 is 39.1 Å². The van der Waals surface area contributed by atoms with Crippen LogP contribution in [0.15, 0.2) is 36.4 Å². The van der Waals surface area contributed by atoms with Gasteiger partial charge < -0.3 is 19.7 Å². The van der Waals surface area contributed by atoms with E-state index >= 15 is 0 Å². The van der Waals surface area contributed by atoms with E-state index < -0.39 is 50.4 Å². The van der Waals surface area contributed by atoms with Gasteiger partial charge in [-0.15, -0.1) is 0 Å². The van der Waals surface area contributed by atoms with Crippen molar-refractivity contribution >= 4 is 46.5 Å². The number of nitro groups is 2. The molecule has 2 aromatic rings. The lowest BCUT2D eigenvalue weighted by Gasteiger charge is -2.26. The molecule has 2 rings (SSSR count). The van der Waals surface area contributed by atoms with Gasteiger partial charge in [-0.05, 0) is 24.3 Å². The van der Waals surface area contributed by atoms with Crippen molar-refractivity contribution in [2.75, 3.05) is 0 Å². The summed E-state index contributed by atoms with van der Waals surface area (Å²) in [6.07, 6.45) is 0. The van der Waals surface area contributed by atoms with Crippen LogP contribution in [0.3, 0.4) is 0 Å². The van der Waals surface area contributed by atoms with E-state index in [4.69, 9.17) is 32.7 Å².